The summed E-state index contributed by atoms with van der Waals surface area (Å²) in [6.45, 7) is 7.98. The molecule has 0 unspecified atom stereocenters. The standard InChI is InChI=1S/C31H37N7O2/c1-19-16-25(31(40)35(5)6)34-20(2)29(19)22-9-13-37(14-10-22)21(3)27-18-24-26(8-12-33-30(24)36(27)7)38-15-11-23(32-4)17-28(38)39/h8-9,11-12,15-18,21,32H,10,13-14H2,1-7H3/t21-/m0/s1. The Kier molecular flexibility index (Phi) is 7.33. The van der Waals surface area contributed by atoms with Gasteiger partial charge in [0.05, 0.1) is 5.69 Å². The zero-order valence-corrected chi connectivity index (χ0v) is 24.3. The average Bonchev–Trinajstić information content (AvgIpc) is 3.28. The fraction of sp³-hybridized carbons (Fsp3) is 0.355. The Morgan fingerprint density at radius 3 is 2.55 bits per heavy atom. The molecule has 0 aliphatic carbocycles. The summed E-state index contributed by atoms with van der Waals surface area (Å²) in [5.74, 6) is -0.0807. The lowest BCUT2D eigenvalue weighted by Crippen LogP contribution is -2.32. The first-order valence-corrected chi connectivity index (χ1v) is 13.6. The third kappa shape index (κ3) is 4.81. The summed E-state index contributed by atoms with van der Waals surface area (Å²) in [5, 5.41) is 3.97. The number of carbonyl (C=O) groups is 1. The Hall–Kier alpha value is -4.24. The number of pyridine rings is 3. The Labute approximate surface area is 234 Å². The van der Waals surface area contributed by atoms with Crippen LogP contribution in [-0.2, 0) is 7.05 Å². The van der Waals surface area contributed by atoms with Crippen LogP contribution in [0.5, 0.6) is 0 Å². The van der Waals surface area contributed by atoms with E-state index in [9.17, 15) is 9.59 Å². The van der Waals surface area contributed by atoms with E-state index < -0.39 is 0 Å². The summed E-state index contributed by atoms with van der Waals surface area (Å²) in [6, 6.07) is 9.60. The minimum absolute atomic E-state index is 0.0807. The lowest BCUT2D eigenvalue weighted by Gasteiger charge is -2.32. The van der Waals surface area contributed by atoms with E-state index in [1.807, 2.05) is 32.2 Å². The van der Waals surface area contributed by atoms with Gasteiger partial charge in [-0.05, 0) is 62.6 Å². The van der Waals surface area contributed by atoms with Gasteiger partial charge in [0.15, 0.2) is 0 Å². The van der Waals surface area contributed by atoms with Gasteiger partial charge in [-0.25, -0.2) is 9.97 Å². The Morgan fingerprint density at radius 1 is 1.15 bits per heavy atom. The summed E-state index contributed by atoms with van der Waals surface area (Å²) in [6.07, 6.45) is 6.75. The van der Waals surface area contributed by atoms with Crippen molar-refractivity contribution in [1.29, 1.82) is 0 Å². The van der Waals surface area contributed by atoms with Gasteiger partial charge in [-0.2, -0.15) is 0 Å². The fourth-order valence-electron chi connectivity index (χ4n) is 5.78. The van der Waals surface area contributed by atoms with E-state index >= 15 is 0 Å². The van der Waals surface area contributed by atoms with Crippen molar-refractivity contribution in [3.63, 3.8) is 0 Å². The molecule has 0 fully saturated rings. The van der Waals surface area contributed by atoms with Crippen molar-refractivity contribution in [3.8, 4) is 5.69 Å². The van der Waals surface area contributed by atoms with E-state index in [-0.39, 0.29) is 17.5 Å². The van der Waals surface area contributed by atoms with Crippen LogP contribution in [0.15, 0.2) is 53.6 Å². The summed E-state index contributed by atoms with van der Waals surface area (Å²) < 4.78 is 3.81. The monoisotopic (exact) mass is 539 g/mol. The maximum Gasteiger partial charge on any atom is 0.271 e. The van der Waals surface area contributed by atoms with Gasteiger partial charge in [0.1, 0.15) is 11.3 Å². The number of nitrogens with zero attached hydrogens (tertiary/aromatic N) is 6. The summed E-state index contributed by atoms with van der Waals surface area (Å²) in [7, 11) is 7.33. The molecule has 1 aliphatic heterocycles. The Bertz CT molecular complexity index is 1670. The molecule has 0 aromatic carbocycles. The maximum absolute atomic E-state index is 12.9. The highest BCUT2D eigenvalue weighted by Gasteiger charge is 2.25. The molecule has 1 amide bonds. The van der Waals surface area contributed by atoms with Gasteiger partial charge in [0.2, 0.25) is 0 Å². The second kappa shape index (κ2) is 10.7. The van der Waals surface area contributed by atoms with Gasteiger partial charge in [0, 0.05) is 93.8 Å². The zero-order valence-electron chi connectivity index (χ0n) is 24.3. The van der Waals surface area contributed by atoms with Crippen LogP contribution in [0.3, 0.4) is 0 Å². The molecule has 5 heterocycles. The molecule has 4 aromatic rings. The smallest absolute Gasteiger partial charge is 0.271 e. The van der Waals surface area contributed by atoms with Crippen molar-refractivity contribution in [1.82, 2.24) is 28.9 Å². The molecule has 40 heavy (non-hydrogen) atoms. The zero-order chi connectivity index (χ0) is 28.7. The molecule has 0 saturated carbocycles. The SMILES string of the molecule is CNc1ccn(-c2ccnc3c2cc([C@H](C)N2CC=C(c4c(C)cc(C(=O)N(C)C)nc4C)CC2)n3C)c(=O)c1. The number of fused-ring (bicyclic) bond motifs is 1. The van der Waals surface area contributed by atoms with Crippen molar-refractivity contribution in [2.24, 2.45) is 7.05 Å². The van der Waals surface area contributed by atoms with E-state index in [1.54, 1.807) is 49.1 Å². The molecular weight excluding hydrogens is 502 g/mol. The van der Waals surface area contributed by atoms with Crippen LogP contribution in [0.4, 0.5) is 5.69 Å². The van der Waals surface area contributed by atoms with E-state index in [4.69, 9.17) is 0 Å². The normalized spacial score (nSPS) is 14.7. The summed E-state index contributed by atoms with van der Waals surface area (Å²) >= 11 is 0. The molecule has 0 saturated heterocycles. The Morgan fingerprint density at radius 2 is 1.93 bits per heavy atom. The van der Waals surface area contributed by atoms with Crippen LogP contribution < -0.4 is 10.9 Å². The number of rotatable bonds is 6. The molecule has 1 aliphatic rings. The molecule has 0 radical (unpaired) electrons. The first kappa shape index (κ1) is 27.3. The van der Waals surface area contributed by atoms with Crippen molar-refractivity contribution in [2.45, 2.75) is 33.2 Å². The first-order valence-electron chi connectivity index (χ1n) is 13.6. The van der Waals surface area contributed by atoms with Crippen molar-refractivity contribution < 1.29 is 4.79 Å². The highest BCUT2D eigenvalue weighted by Crippen LogP contribution is 2.33. The lowest BCUT2D eigenvalue weighted by molar-refractivity contribution is 0.0821. The number of amides is 1. The van der Waals surface area contributed by atoms with Gasteiger partial charge < -0.3 is 14.8 Å². The lowest BCUT2D eigenvalue weighted by atomic mass is 9.93. The molecule has 0 bridgehead atoms. The molecular formula is C31H37N7O2. The topological polar surface area (TPSA) is 88.3 Å². The van der Waals surface area contributed by atoms with Gasteiger partial charge in [-0.15, -0.1) is 0 Å². The third-order valence-electron chi connectivity index (χ3n) is 7.97. The minimum Gasteiger partial charge on any atom is -0.388 e. The van der Waals surface area contributed by atoms with Crippen LogP contribution in [-0.4, -0.2) is 69.0 Å². The molecule has 208 valence electrons. The number of hydrogen-bond acceptors (Lipinski definition) is 6. The molecule has 9 heteroatoms. The maximum atomic E-state index is 12.9. The number of anilines is 1. The molecule has 5 rings (SSSR count). The van der Waals surface area contributed by atoms with Crippen LogP contribution in [0, 0.1) is 13.8 Å². The number of hydrogen-bond donors (Lipinski definition) is 1. The number of carbonyl (C=O) groups excluding carboxylic acids is 1. The van der Waals surface area contributed by atoms with Gasteiger partial charge in [-0.1, -0.05) is 6.08 Å². The second-order valence-electron chi connectivity index (χ2n) is 10.7. The van der Waals surface area contributed by atoms with E-state index in [2.05, 4.69) is 50.7 Å². The van der Waals surface area contributed by atoms with Crippen LogP contribution >= 0.6 is 0 Å². The van der Waals surface area contributed by atoms with E-state index in [0.717, 1.165) is 64.4 Å². The largest absolute Gasteiger partial charge is 0.388 e. The van der Waals surface area contributed by atoms with Crippen molar-refractivity contribution in [3.05, 3.63) is 87.4 Å². The van der Waals surface area contributed by atoms with E-state index in [1.165, 1.54) is 5.57 Å². The van der Waals surface area contributed by atoms with Gasteiger partial charge in [-0.3, -0.25) is 19.1 Å². The first-order chi connectivity index (χ1) is 19.1. The molecule has 0 spiro atoms. The number of nitrogens with one attached hydrogen (secondary N) is 1. The van der Waals surface area contributed by atoms with Gasteiger partial charge >= 0.3 is 0 Å². The predicted molar refractivity (Wildman–Crippen MR) is 160 cm³/mol. The quantitative estimate of drug-likeness (QED) is 0.393. The van der Waals surface area contributed by atoms with Crippen LogP contribution in [0.1, 0.15) is 52.4 Å². The molecule has 1 N–H and O–H groups in total. The number of aromatic nitrogens is 4. The second-order valence-corrected chi connectivity index (χ2v) is 10.7. The van der Waals surface area contributed by atoms with Gasteiger partial charge in [0.25, 0.3) is 11.5 Å². The Balaban J connectivity index is 1.42. The van der Waals surface area contributed by atoms with Crippen molar-refractivity contribution in [2.75, 3.05) is 39.5 Å². The van der Waals surface area contributed by atoms with E-state index in [0.29, 0.717) is 5.69 Å². The van der Waals surface area contributed by atoms with Crippen LogP contribution in [0.2, 0.25) is 0 Å². The molecule has 1 atom stereocenters. The highest BCUT2D eigenvalue weighted by molar-refractivity contribution is 5.92. The molecule has 9 nitrogen and oxygen atoms in total. The summed E-state index contributed by atoms with van der Waals surface area (Å²) in [4.78, 5) is 38.6. The third-order valence-corrected chi connectivity index (χ3v) is 7.97. The fourth-order valence-corrected chi connectivity index (χ4v) is 5.78. The summed E-state index contributed by atoms with van der Waals surface area (Å²) in [5.41, 5.74) is 8.39. The predicted octanol–water partition coefficient (Wildman–Crippen LogP) is 4.33. The highest BCUT2D eigenvalue weighted by atomic mass is 16.2. The molecule has 4 aromatic heterocycles. The van der Waals surface area contributed by atoms with Crippen molar-refractivity contribution >= 4 is 28.2 Å². The average molecular weight is 540 g/mol. The van der Waals surface area contributed by atoms with Crippen LogP contribution in [0.25, 0.3) is 22.3 Å². The minimum atomic E-state index is -0.0920. The number of aryl methyl sites for hydroxylation is 3.